The third-order valence-corrected chi connectivity index (χ3v) is 4.48. The highest BCUT2D eigenvalue weighted by Gasteiger charge is 2.13. The first-order chi connectivity index (χ1) is 12.7. The summed E-state index contributed by atoms with van der Waals surface area (Å²) in [4.78, 5) is 33.4. The Bertz CT molecular complexity index is 361. The zero-order valence-electron chi connectivity index (χ0n) is 17.4. The van der Waals surface area contributed by atoms with Crippen molar-refractivity contribution in [1.82, 2.24) is 0 Å². The van der Waals surface area contributed by atoms with Gasteiger partial charge in [0.1, 0.15) is 6.10 Å². The fraction of sp³-hybridized carbons (Fsp3) is 0.950. The summed E-state index contributed by atoms with van der Waals surface area (Å²) in [6.07, 6.45) is 17.8. The van der Waals surface area contributed by atoms with Crippen molar-refractivity contribution >= 4 is 13.6 Å². The van der Waals surface area contributed by atoms with Crippen LogP contribution < -0.4 is 0 Å². The van der Waals surface area contributed by atoms with E-state index in [1.54, 1.807) is 0 Å². The number of hydrogen-bond acceptors (Lipinski definition) is 3. The van der Waals surface area contributed by atoms with E-state index >= 15 is 0 Å². The third kappa shape index (κ3) is 30.7. The summed E-state index contributed by atoms with van der Waals surface area (Å²) in [5.41, 5.74) is 0. The van der Waals surface area contributed by atoms with Crippen molar-refractivity contribution in [2.45, 2.75) is 123 Å². The molecule has 27 heavy (non-hydrogen) atoms. The van der Waals surface area contributed by atoms with Crippen molar-refractivity contribution in [2.24, 2.45) is 0 Å². The standard InChI is InChI=1S/C20H40O2.H3O4P/c1-3-5-7-9-11-13-15-17-19(21)20(22)18-16-14-12-10-8-6-4-2;1-5(2,3)4/h19,21H,3-18H2,1-2H3;(H3,1,2,3,4). The average Bonchev–Trinajstić information content (AvgIpc) is 2.58. The zero-order valence-corrected chi connectivity index (χ0v) is 18.3. The van der Waals surface area contributed by atoms with E-state index in [-0.39, 0.29) is 5.78 Å². The minimum atomic E-state index is -4.64. The number of rotatable bonds is 17. The first kappa shape index (κ1) is 28.9. The Labute approximate surface area is 166 Å². The van der Waals surface area contributed by atoms with E-state index in [1.165, 1.54) is 64.2 Å². The molecule has 0 amide bonds. The molecule has 0 aliphatic carbocycles. The van der Waals surface area contributed by atoms with Crippen molar-refractivity contribution in [3.05, 3.63) is 0 Å². The Morgan fingerprint density at radius 1 is 0.704 bits per heavy atom. The molecular formula is C20H43O6P. The van der Waals surface area contributed by atoms with Gasteiger partial charge in [-0.3, -0.25) is 4.79 Å². The summed E-state index contributed by atoms with van der Waals surface area (Å²) in [7, 11) is -4.64. The predicted molar refractivity (Wildman–Crippen MR) is 110 cm³/mol. The smallest absolute Gasteiger partial charge is 0.385 e. The highest BCUT2D eigenvalue weighted by Crippen LogP contribution is 2.25. The summed E-state index contributed by atoms with van der Waals surface area (Å²) in [6.45, 7) is 4.46. The molecule has 1 atom stereocenters. The van der Waals surface area contributed by atoms with E-state index in [9.17, 15) is 9.90 Å². The number of unbranched alkanes of at least 4 members (excludes halogenated alkanes) is 12. The van der Waals surface area contributed by atoms with Crippen molar-refractivity contribution in [2.75, 3.05) is 0 Å². The van der Waals surface area contributed by atoms with Gasteiger partial charge in [-0.25, -0.2) is 4.57 Å². The number of aliphatic hydroxyl groups is 1. The Hall–Kier alpha value is -0.260. The molecular weight excluding hydrogens is 367 g/mol. The van der Waals surface area contributed by atoms with Gasteiger partial charge in [0.25, 0.3) is 0 Å². The molecule has 0 spiro atoms. The van der Waals surface area contributed by atoms with Crippen LogP contribution in [0.4, 0.5) is 0 Å². The number of Topliss-reactive ketones (excluding diaryl/α,β-unsaturated/α-hetero) is 1. The van der Waals surface area contributed by atoms with Gasteiger partial charge in [0.2, 0.25) is 0 Å². The van der Waals surface area contributed by atoms with Crippen molar-refractivity contribution in [3.8, 4) is 0 Å². The summed E-state index contributed by atoms with van der Waals surface area (Å²) < 4.78 is 8.88. The van der Waals surface area contributed by atoms with E-state index in [1.807, 2.05) is 0 Å². The molecule has 0 aliphatic heterocycles. The third-order valence-electron chi connectivity index (χ3n) is 4.48. The second-order valence-corrected chi connectivity index (χ2v) is 8.30. The van der Waals surface area contributed by atoms with E-state index < -0.39 is 13.9 Å². The molecule has 0 saturated carbocycles. The van der Waals surface area contributed by atoms with E-state index in [0.717, 1.165) is 25.7 Å². The summed E-state index contributed by atoms with van der Waals surface area (Å²) in [6, 6.07) is 0. The van der Waals surface area contributed by atoms with Gasteiger partial charge in [-0.2, -0.15) is 0 Å². The maximum atomic E-state index is 11.8. The molecule has 0 fully saturated rings. The van der Waals surface area contributed by atoms with Gasteiger partial charge in [-0.1, -0.05) is 97.3 Å². The lowest BCUT2D eigenvalue weighted by Gasteiger charge is -2.09. The van der Waals surface area contributed by atoms with Gasteiger partial charge in [0.05, 0.1) is 0 Å². The van der Waals surface area contributed by atoms with Crippen LogP contribution in [-0.4, -0.2) is 31.7 Å². The fourth-order valence-corrected chi connectivity index (χ4v) is 2.88. The molecule has 0 bridgehead atoms. The molecule has 0 rings (SSSR count). The second kappa shape index (κ2) is 20.5. The predicted octanol–water partition coefficient (Wildman–Crippen LogP) is 5.27. The summed E-state index contributed by atoms with van der Waals surface area (Å²) in [5.74, 6) is 0.0690. The van der Waals surface area contributed by atoms with E-state index in [4.69, 9.17) is 19.2 Å². The molecule has 0 saturated heterocycles. The Kier molecular flexibility index (Phi) is 21.9. The van der Waals surface area contributed by atoms with Crippen LogP contribution >= 0.6 is 7.82 Å². The van der Waals surface area contributed by atoms with Crippen LogP contribution in [0.2, 0.25) is 0 Å². The molecule has 0 radical (unpaired) electrons. The quantitative estimate of drug-likeness (QED) is 0.192. The molecule has 7 heteroatoms. The number of aliphatic hydroxyl groups excluding tert-OH is 1. The van der Waals surface area contributed by atoms with Crippen LogP contribution in [0.3, 0.4) is 0 Å². The van der Waals surface area contributed by atoms with Crippen LogP contribution in [0, 0.1) is 0 Å². The maximum absolute atomic E-state index is 11.8. The first-order valence-electron chi connectivity index (χ1n) is 10.7. The van der Waals surface area contributed by atoms with Gasteiger partial charge in [0, 0.05) is 6.42 Å². The lowest BCUT2D eigenvalue weighted by atomic mass is 10.0. The number of hydrogen-bond donors (Lipinski definition) is 4. The van der Waals surface area contributed by atoms with Crippen molar-refractivity contribution < 1.29 is 29.1 Å². The highest BCUT2D eigenvalue weighted by atomic mass is 31.2. The van der Waals surface area contributed by atoms with Crippen molar-refractivity contribution in [1.29, 1.82) is 0 Å². The van der Waals surface area contributed by atoms with Gasteiger partial charge >= 0.3 is 7.82 Å². The molecule has 0 aliphatic rings. The molecule has 0 heterocycles. The van der Waals surface area contributed by atoms with Gasteiger partial charge in [-0.15, -0.1) is 0 Å². The summed E-state index contributed by atoms with van der Waals surface area (Å²) >= 11 is 0. The normalized spacial score (nSPS) is 12.4. The van der Waals surface area contributed by atoms with Crippen LogP contribution in [0.25, 0.3) is 0 Å². The second-order valence-electron chi connectivity index (χ2n) is 7.28. The number of ketones is 1. The van der Waals surface area contributed by atoms with Crippen LogP contribution in [0.5, 0.6) is 0 Å². The number of carbonyl (C=O) groups is 1. The monoisotopic (exact) mass is 410 g/mol. The largest absolute Gasteiger partial charge is 0.466 e. The maximum Gasteiger partial charge on any atom is 0.466 e. The highest BCUT2D eigenvalue weighted by molar-refractivity contribution is 7.45. The van der Waals surface area contributed by atoms with Crippen LogP contribution in [0.15, 0.2) is 0 Å². The molecule has 0 aromatic heterocycles. The Balaban J connectivity index is 0. The van der Waals surface area contributed by atoms with Crippen LogP contribution in [0.1, 0.15) is 117 Å². The molecule has 0 aromatic rings. The summed E-state index contributed by atoms with van der Waals surface area (Å²) in [5, 5.41) is 9.88. The van der Waals surface area contributed by atoms with Crippen molar-refractivity contribution in [3.63, 3.8) is 0 Å². The topological polar surface area (TPSA) is 115 Å². The first-order valence-corrected chi connectivity index (χ1v) is 12.3. The SMILES string of the molecule is CCCCCCCCCC(=O)C(O)CCCCCCCCC.O=P(O)(O)O. The average molecular weight is 411 g/mol. The van der Waals surface area contributed by atoms with E-state index in [2.05, 4.69) is 13.8 Å². The number of carbonyl (C=O) groups excluding carboxylic acids is 1. The molecule has 0 aromatic carbocycles. The minimum Gasteiger partial charge on any atom is -0.385 e. The van der Waals surface area contributed by atoms with Gasteiger partial charge in [-0.05, 0) is 12.8 Å². The lowest BCUT2D eigenvalue weighted by molar-refractivity contribution is -0.127. The molecule has 4 N–H and O–H groups in total. The molecule has 6 nitrogen and oxygen atoms in total. The fourth-order valence-electron chi connectivity index (χ4n) is 2.88. The van der Waals surface area contributed by atoms with Gasteiger partial charge in [0.15, 0.2) is 5.78 Å². The minimum absolute atomic E-state index is 0.0690. The van der Waals surface area contributed by atoms with Crippen LogP contribution in [-0.2, 0) is 9.36 Å². The lowest BCUT2D eigenvalue weighted by Crippen LogP contribution is -2.19. The molecule has 164 valence electrons. The Morgan fingerprint density at radius 3 is 1.44 bits per heavy atom. The number of phosphoric acid groups is 1. The Morgan fingerprint density at radius 2 is 1.04 bits per heavy atom. The van der Waals surface area contributed by atoms with Gasteiger partial charge < -0.3 is 19.8 Å². The zero-order chi connectivity index (χ0) is 21.0. The van der Waals surface area contributed by atoms with E-state index in [0.29, 0.717) is 12.8 Å². The molecule has 1 unspecified atom stereocenters.